The molecule has 1 rings (SSSR count). The number of alkyl halides is 3. The van der Waals surface area contributed by atoms with Crippen molar-refractivity contribution in [2.45, 2.75) is 18.7 Å². The zero-order valence-electron chi connectivity index (χ0n) is 8.70. The second kappa shape index (κ2) is 4.80. The molecule has 0 spiro atoms. The quantitative estimate of drug-likeness (QED) is 0.613. The lowest BCUT2D eigenvalue weighted by molar-refractivity contribution is -0.138. The van der Waals surface area contributed by atoms with Crippen LogP contribution in [0, 0.1) is 0 Å². The minimum absolute atomic E-state index is 0.0678. The van der Waals surface area contributed by atoms with E-state index in [9.17, 15) is 28.5 Å². The zero-order chi connectivity index (χ0) is 13.2. The standard InChI is InChI=1S/C10H12F3NO3/c11-10(12,13)6-2-1-5(7(15)3-4-14)8(16)9(6)17/h1-2,7,15-17H,3-4,14H2. The van der Waals surface area contributed by atoms with Gasteiger partial charge in [-0.1, -0.05) is 6.07 Å². The SMILES string of the molecule is NCCC(O)c1ccc(C(F)(F)F)c(O)c1O. The summed E-state index contributed by atoms with van der Waals surface area (Å²) in [5.41, 5.74) is 3.64. The molecule has 0 bridgehead atoms. The normalized spacial score (nSPS) is 13.7. The molecule has 0 aliphatic carbocycles. The maximum Gasteiger partial charge on any atom is 0.420 e. The highest BCUT2D eigenvalue weighted by Gasteiger charge is 2.36. The number of phenols is 2. The molecule has 7 heteroatoms. The zero-order valence-corrected chi connectivity index (χ0v) is 8.70. The van der Waals surface area contributed by atoms with E-state index in [0.717, 1.165) is 6.07 Å². The molecule has 0 amide bonds. The predicted octanol–water partition coefficient (Wildman–Crippen LogP) is 1.50. The monoisotopic (exact) mass is 251 g/mol. The number of benzene rings is 1. The number of aliphatic hydroxyl groups excluding tert-OH is 1. The van der Waals surface area contributed by atoms with Crippen molar-refractivity contribution in [2.75, 3.05) is 6.54 Å². The second-order valence-corrected chi connectivity index (χ2v) is 3.49. The summed E-state index contributed by atoms with van der Waals surface area (Å²) in [5.74, 6) is -2.26. The van der Waals surface area contributed by atoms with Crippen molar-refractivity contribution in [1.29, 1.82) is 0 Å². The Morgan fingerprint density at radius 3 is 2.24 bits per heavy atom. The van der Waals surface area contributed by atoms with Crippen molar-refractivity contribution in [3.05, 3.63) is 23.3 Å². The molecule has 0 aliphatic heterocycles. The van der Waals surface area contributed by atoms with Gasteiger partial charge in [-0.25, -0.2) is 0 Å². The van der Waals surface area contributed by atoms with Gasteiger partial charge in [-0.2, -0.15) is 13.2 Å². The highest BCUT2D eigenvalue weighted by Crippen LogP contribution is 2.43. The van der Waals surface area contributed by atoms with Gasteiger partial charge >= 0.3 is 6.18 Å². The summed E-state index contributed by atoms with van der Waals surface area (Å²) >= 11 is 0. The fraction of sp³-hybridized carbons (Fsp3) is 0.400. The molecule has 0 heterocycles. The first-order valence-electron chi connectivity index (χ1n) is 4.79. The molecule has 0 radical (unpaired) electrons. The molecule has 1 atom stereocenters. The number of aliphatic hydroxyl groups is 1. The topological polar surface area (TPSA) is 86.7 Å². The Balaban J connectivity index is 3.20. The van der Waals surface area contributed by atoms with Gasteiger partial charge < -0.3 is 21.1 Å². The van der Waals surface area contributed by atoms with Gasteiger partial charge in [0.15, 0.2) is 11.5 Å². The molecule has 0 aromatic heterocycles. The number of hydrogen-bond donors (Lipinski definition) is 4. The first kappa shape index (κ1) is 13.6. The van der Waals surface area contributed by atoms with E-state index < -0.39 is 29.3 Å². The molecule has 1 aromatic carbocycles. The van der Waals surface area contributed by atoms with Crippen LogP contribution in [0.2, 0.25) is 0 Å². The summed E-state index contributed by atoms with van der Waals surface area (Å²) in [7, 11) is 0. The number of rotatable bonds is 3. The van der Waals surface area contributed by atoms with Gasteiger partial charge in [-0.05, 0) is 19.0 Å². The summed E-state index contributed by atoms with van der Waals surface area (Å²) in [4.78, 5) is 0. The van der Waals surface area contributed by atoms with Crippen LogP contribution < -0.4 is 5.73 Å². The van der Waals surface area contributed by atoms with Gasteiger partial charge in [0, 0.05) is 5.56 Å². The number of phenolic OH excluding ortho intramolecular Hbond substituents is 2. The number of halogens is 3. The molecule has 0 fully saturated rings. The molecule has 5 N–H and O–H groups in total. The van der Waals surface area contributed by atoms with Gasteiger partial charge in [0.2, 0.25) is 0 Å². The third-order valence-electron chi connectivity index (χ3n) is 2.29. The minimum Gasteiger partial charge on any atom is -0.504 e. The summed E-state index contributed by atoms with van der Waals surface area (Å²) < 4.78 is 37.1. The predicted molar refractivity (Wildman–Crippen MR) is 53.4 cm³/mol. The van der Waals surface area contributed by atoms with E-state index in [1.807, 2.05) is 0 Å². The third-order valence-corrected chi connectivity index (χ3v) is 2.29. The average Bonchev–Trinajstić information content (AvgIpc) is 2.20. The summed E-state index contributed by atoms with van der Waals surface area (Å²) in [6.07, 6.45) is -5.91. The summed E-state index contributed by atoms with van der Waals surface area (Å²) in [5, 5.41) is 28.1. The van der Waals surface area contributed by atoms with Crippen LogP contribution in [0.3, 0.4) is 0 Å². The summed E-state index contributed by atoms with van der Waals surface area (Å²) in [6.45, 7) is 0.0996. The fourth-order valence-electron chi connectivity index (χ4n) is 1.41. The van der Waals surface area contributed by atoms with E-state index >= 15 is 0 Å². The van der Waals surface area contributed by atoms with Crippen LogP contribution in [-0.4, -0.2) is 21.9 Å². The first-order valence-corrected chi connectivity index (χ1v) is 4.79. The van der Waals surface area contributed by atoms with E-state index in [0.29, 0.717) is 6.07 Å². The molecule has 0 saturated carbocycles. The Labute approximate surface area is 95.1 Å². The van der Waals surface area contributed by atoms with Crippen molar-refractivity contribution in [1.82, 2.24) is 0 Å². The van der Waals surface area contributed by atoms with Crippen LogP contribution in [0.1, 0.15) is 23.7 Å². The van der Waals surface area contributed by atoms with E-state index in [2.05, 4.69) is 0 Å². The van der Waals surface area contributed by atoms with Crippen LogP contribution in [0.4, 0.5) is 13.2 Å². The van der Waals surface area contributed by atoms with Gasteiger partial charge in [0.05, 0.1) is 6.10 Å². The largest absolute Gasteiger partial charge is 0.504 e. The maximum absolute atomic E-state index is 12.4. The van der Waals surface area contributed by atoms with Gasteiger partial charge in [-0.15, -0.1) is 0 Å². The maximum atomic E-state index is 12.4. The highest BCUT2D eigenvalue weighted by molar-refractivity contribution is 5.51. The Hall–Kier alpha value is -1.47. The Bertz CT molecular complexity index is 407. The number of nitrogens with two attached hydrogens (primary N) is 1. The van der Waals surface area contributed by atoms with Crippen LogP contribution >= 0.6 is 0 Å². The van der Waals surface area contributed by atoms with Crippen LogP contribution in [0.5, 0.6) is 11.5 Å². The molecule has 4 nitrogen and oxygen atoms in total. The van der Waals surface area contributed by atoms with Crippen LogP contribution in [0.25, 0.3) is 0 Å². The van der Waals surface area contributed by atoms with Crippen molar-refractivity contribution in [2.24, 2.45) is 5.73 Å². The average molecular weight is 251 g/mol. The lowest BCUT2D eigenvalue weighted by atomic mass is 10.0. The van der Waals surface area contributed by atoms with Gasteiger partial charge in [-0.3, -0.25) is 0 Å². The summed E-state index contributed by atoms with van der Waals surface area (Å²) in [6, 6.07) is 1.52. The highest BCUT2D eigenvalue weighted by atomic mass is 19.4. The lowest BCUT2D eigenvalue weighted by Crippen LogP contribution is -2.09. The first-order chi connectivity index (χ1) is 7.79. The lowest BCUT2D eigenvalue weighted by Gasteiger charge is -2.16. The van der Waals surface area contributed by atoms with Crippen LogP contribution in [-0.2, 0) is 6.18 Å². The Morgan fingerprint density at radius 2 is 1.76 bits per heavy atom. The molecule has 0 saturated heterocycles. The third kappa shape index (κ3) is 2.80. The molecular formula is C10H12F3NO3. The van der Waals surface area contributed by atoms with E-state index in [1.54, 1.807) is 0 Å². The van der Waals surface area contributed by atoms with Crippen molar-refractivity contribution in [3.63, 3.8) is 0 Å². The van der Waals surface area contributed by atoms with E-state index in [4.69, 9.17) is 5.73 Å². The van der Waals surface area contributed by atoms with Crippen molar-refractivity contribution in [3.8, 4) is 11.5 Å². The fourth-order valence-corrected chi connectivity index (χ4v) is 1.41. The second-order valence-electron chi connectivity index (χ2n) is 3.49. The van der Waals surface area contributed by atoms with Gasteiger partial charge in [0.1, 0.15) is 5.56 Å². The van der Waals surface area contributed by atoms with E-state index in [1.165, 1.54) is 0 Å². The van der Waals surface area contributed by atoms with Crippen molar-refractivity contribution >= 4 is 0 Å². The molecular weight excluding hydrogens is 239 g/mol. The van der Waals surface area contributed by atoms with Crippen LogP contribution in [0.15, 0.2) is 12.1 Å². The van der Waals surface area contributed by atoms with Gasteiger partial charge in [0.25, 0.3) is 0 Å². The number of aromatic hydroxyl groups is 2. The van der Waals surface area contributed by atoms with E-state index in [-0.39, 0.29) is 18.5 Å². The minimum atomic E-state index is -4.76. The molecule has 17 heavy (non-hydrogen) atoms. The smallest absolute Gasteiger partial charge is 0.420 e. The Kier molecular flexibility index (Phi) is 3.84. The molecule has 0 aliphatic rings. The van der Waals surface area contributed by atoms with Crippen molar-refractivity contribution < 1.29 is 28.5 Å². The molecule has 1 aromatic rings. The number of hydrogen-bond acceptors (Lipinski definition) is 4. The molecule has 96 valence electrons. The Morgan fingerprint density at radius 1 is 1.18 bits per heavy atom. The molecule has 1 unspecified atom stereocenters.